The first kappa shape index (κ1) is 11.2. The zero-order chi connectivity index (χ0) is 11.7. The van der Waals surface area contributed by atoms with E-state index in [0.717, 1.165) is 19.3 Å². The van der Waals surface area contributed by atoms with Crippen molar-refractivity contribution in [2.45, 2.75) is 38.6 Å². The van der Waals surface area contributed by atoms with Gasteiger partial charge in [0.25, 0.3) is 0 Å². The van der Waals surface area contributed by atoms with Gasteiger partial charge in [-0.05, 0) is 25.2 Å². The molecule has 1 amide bonds. The normalized spacial score (nSPS) is 28.9. The molecule has 0 aliphatic heterocycles. The van der Waals surface area contributed by atoms with Crippen molar-refractivity contribution in [3.8, 4) is 0 Å². The third kappa shape index (κ3) is 2.46. The molecule has 2 rings (SSSR count). The molecule has 2 aliphatic rings. The predicted octanol–water partition coefficient (Wildman–Crippen LogP) is 0.770. The third-order valence-corrected chi connectivity index (χ3v) is 3.43. The highest BCUT2D eigenvalue weighted by molar-refractivity contribution is 5.84. The predicted molar refractivity (Wildman–Crippen MR) is 60.0 cm³/mol. The van der Waals surface area contributed by atoms with E-state index in [4.69, 9.17) is 10.9 Å². The Morgan fingerprint density at radius 3 is 2.62 bits per heavy atom. The first-order valence-electron chi connectivity index (χ1n) is 5.90. The number of carbonyl (C=O) groups is 1. The summed E-state index contributed by atoms with van der Waals surface area (Å²) in [6.07, 6.45) is 3.68. The van der Waals surface area contributed by atoms with Crippen LogP contribution in [-0.4, -0.2) is 34.4 Å². The molecule has 2 saturated carbocycles. The van der Waals surface area contributed by atoms with E-state index in [1.807, 2.05) is 4.90 Å². The van der Waals surface area contributed by atoms with Crippen molar-refractivity contribution in [3.63, 3.8) is 0 Å². The Hall–Kier alpha value is -1.26. The average molecular weight is 225 g/mol. The Balaban J connectivity index is 1.87. The fraction of sp³-hybridized carbons (Fsp3) is 0.818. The maximum atomic E-state index is 12.1. The minimum absolute atomic E-state index is 0.197. The average Bonchev–Trinajstić information content (AvgIpc) is 3.14. The van der Waals surface area contributed by atoms with Crippen LogP contribution >= 0.6 is 0 Å². The number of carbonyl (C=O) groups excluding carboxylic acids is 1. The molecule has 2 atom stereocenters. The van der Waals surface area contributed by atoms with Crippen molar-refractivity contribution in [2.24, 2.45) is 22.7 Å². The van der Waals surface area contributed by atoms with Gasteiger partial charge in [-0.15, -0.1) is 0 Å². The fourth-order valence-electron chi connectivity index (χ4n) is 2.02. The van der Waals surface area contributed by atoms with Crippen LogP contribution in [0.4, 0.5) is 0 Å². The van der Waals surface area contributed by atoms with E-state index >= 15 is 0 Å². The van der Waals surface area contributed by atoms with Gasteiger partial charge in [0.1, 0.15) is 5.84 Å². The number of nitrogens with zero attached hydrogens (tertiary/aromatic N) is 2. The van der Waals surface area contributed by atoms with E-state index in [1.54, 1.807) is 0 Å². The van der Waals surface area contributed by atoms with E-state index in [9.17, 15) is 4.79 Å². The Kier molecular flexibility index (Phi) is 3.03. The van der Waals surface area contributed by atoms with Crippen molar-refractivity contribution in [1.82, 2.24) is 4.90 Å². The largest absolute Gasteiger partial charge is 0.409 e. The van der Waals surface area contributed by atoms with Crippen LogP contribution in [0.3, 0.4) is 0 Å². The van der Waals surface area contributed by atoms with E-state index < -0.39 is 0 Å². The molecule has 0 aromatic heterocycles. The molecule has 2 unspecified atom stereocenters. The molecule has 0 heterocycles. The lowest BCUT2D eigenvalue weighted by atomic mass is 10.2. The first-order chi connectivity index (χ1) is 7.63. The molecule has 2 aliphatic carbocycles. The van der Waals surface area contributed by atoms with E-state index in [2.05, 4.69) is 12.1 Å². The van der Waals surface area contributed by atoms with Crippen molar-refractivity contribution in [2.75, 3.05) is 6.54 Å². The van der Waals surface area contributed by atoms with Crippen molar-refractivity contribution in [3.05, 3.63) is 0 Å². The zero-order valence-electron chi connectivity index (χ0n) is 9.59. The number of rotatable bonds is 5. The Morgan fingerprint density at radius 1 is 1.56 bits per heavy atom. The van der Waals surface area contributed by atoms with Crippen LogP contribution in [0, 0.1) is 11.8 Å². The minimum atomic E-state index is 0.197. The SMILES string of the molecule is CC1CC1C(=O)N(CCC(N)=NO)C1CC1. The van der Waals surface area contributed by atoms with Crippen LogP contribution in [0.1, 0.15) is 32.6 Å². The van der Waals surface area contributed by atoms with Crippen molar-refractivity contribution >= 4 is 11.7 Å². The molecule has 0 saturated heterocycles. The Labute approximate surface area is 95.3 Å². The molecule has 5 nitrogen and oxygen atoms in total. The van der Waals surface area contributed by atoms with Gasteiger partial charge in [0.15, 0.2) is 0 Å². The first-order valence-corrected chi connectivity index (χ1v) is 5.90. The van der Waals surface area contributed by atoms with Crippen LogP contribution in [-0.2, 0) is 4.79 Å². The lowest BCUT2D eigenvalue weighted by Gasteiger charge is -2.22. The van der Waals surface area contributed by atoms with E-state index in [-0.39, 0.29) is 17.7 Å². The highest BCUT2D eigenvalue weighted by Gasteiger charge is 2.44. The quantitative estimate of drug-likeness (QED) is 0.314. The number of oxime groups is 1. The summed E-state index contributed by atoms with van der Waals surface area (Å²) in [6.45, 7) is 2.69. The molecule has 3 N–H and O–H groups in total. The minimum Gasteiger partial charge on any atom is -0.409 e. The summed E-state index contributed by atoms with van der Waals surface area (Å²) in [5, 5.41) is 11.4. The highest BCUT2D eigenvalue weighted by atomic mass is 16.4. The molecule has 90 valence electrons. The Bertz CT molecular complexity index is 312. The molecule has 0 aromatic rings. The molecule has 2 fully saturated rings. The van der Waals surface area contributed by atoms with Gasteiger partial charge < -0.3 is 15.8 Å². The maximum Gasteiger partial charge on any atom is 0.226 e. The second-order valence-corrected chi connectivity index (χ2v) is 4.92. The van der Waals surface area contributed by atoms with Gasteiger partial charge in [-0.1, -0.05) is 12.1 Å². The van der Waals surface area contributed by atoms with Gasteiger partial charge >= 0.3 is 0 Å². The van der Waals surface area contributed by atoms with Crippen LogP contribution in [0.25, 0.3) is 0 Å². The summed E-state index contributed by atoms with van der Waals surface area (Å²) in [4.78, 5) is 14.0. The molecule has 0 spiro atoms. The summed E-state index contributed by atoms with van der Waals surface area (Å²) >= 11 is 0. The molecule has 0 radical (unpaired) electrons. The number of amides is 1. The lowest BCUT2D eigenvalue weighted by Crippen LogP contribution is -2.37. The van der Waals surface area contributed by atoms with Gasteiger partial charge in [0, 0.05) is 24.9 Å². The van der Waals surface area contributed by atoms with Gasteiger partial charge in [-0.2, -0.15) is 0 Å². The topological polar surface area (TPSA) is 78.9 Å². The number of nitrogens with two attached hydrogens (primary N) is 1. The van der Waals surface area contributed by atoms with Gasteiger partial charge in [-0.25, -0.2) is 0 Å². The molecule has 16 heavy (non-hydrogen) atoms. The standard InChI is InChI=1S/C11H19N3O2/c1-7-6-9(7)11(15)14(8-2-3-8)5-4-10(12)13-16/h7-9,16H,2-6H2,1H3,(H2,12,13). The van der Waals surface area contributed by atoms with Crippen molar-refractivity contribution in [1.29, 1.82) is 0 Å². The third-order valence-electron chi connectivity index (χ3n) is 3.43. The summed E-state index contributed by atoms with van der Waals surface area (Å²) in [5.74, 6) is 1.23. The zero-order valence-corrected chi connectivity index (χ0v) is 9.59. The molecular formula is C11H19N3O2. The van der Waals surface area contributed by atoms with Crippen molar-refractivity contribution < 1.29 is 10.0 Å². The van der Waals surface area contributed by atoms with E-state index in [0.29, 0.717) is 24.9 Å². The highest BCUT2D eigenvalue weighted by Crippen LogP contribution is 2.41. The maximum absolute atomic E-state index is 12.1. The van der Waals surface area contributed by atoms with Gasteiger partial charge in [0.2, 0.25) is 5.91 Å². The van der Waals surface area contributed by atoms with Crippen LogP contribution < -0.4 is 5.73 Å². The smallest absolute Gasteiger partial charge is 0.226 e. The van der Waals surface area contributed by atoms with Gasteiger partial charge in [-0.3, -0.25) is 4.79 Å². The van der Waals surface area contributed by atoms with E-state index in [1.165, 1.54) is 0 Å². The number of amidine groups is 1. The molecular weight excluding hydrogens is 206 g/mol. The second-order valence-electron chi connectivity index (χ2n) is 4.92. The van der Waals surface area contributed by atoms with Crippen LogP contribution in [0.15, 0.2) is 5.16 Å². The lowest BCUT2D eigenvalue weighted by molar-refractivity contribution is -0.133. The molecule has 0 bridgehead atoms. The summed E-state index contributed by atoms with van der Waals surface area (Å²) in [5.41, 5.74) is 5.42. The Morgan fingerprint density at radius 2 is 2.19 bits per heavy atom. The second kappa shape index (κ2) is 4.31. The van der Waals surface area contributed by atoms with Crippen LogP contribution in [0.5, 0.6) is 0 Å². The summed E-state index contributed by atoms with van der Waals surface area (Å²) in [7, 11) is 0. The molecule has 5 heteroatoms. The summed E-state index contributed by atoms with van der Waals surface area (Å²) < 4.78 is 0. The fourth-order valence-corrected chi connectivity index (χ4v) is 2.02. The van der Waals surface area contributed by atoms with Gasteiger partial charge in [0.05, 0.1) is 0 Å². The monoisotopic (exact) mass is 225 g/mol. The summed E-state index contributed by atoms with van der Waals surface area (Å²) in [6, 6.07) is 0.409. The van der Waals surface area contributed by atoms with Crippen LogP contribution in [0.2, 0.25) is 0 Å². The number of hydrogen-bond donors (Lipinski definition) is 2. The molecule has 0 aromatic carbocycles. The number of hydrogen-bond acceptors (Lipinski definition) is 3.